The van der Waals surface area contributed by atoms with Crippen LogP contribution in [0.1, 0.15) is 10.4 Å². The third-order valence-corrected chi connectivity index (χ3v) is 2.54. The van der Waals surface area contributed by atoms with Crippen LogP contribution < -0.4 is 0 Å². The Labute approximate surface area is 88.7 Å². The summed E-state index contributed by atoms with van der Waals surface area (Å²) in [5, 5.41) is 17.0. The molecule has 0 aliphatic carbocycles. The van der Waals surface area contributed by atoms with Crippen molar-refractivity contribution in [2.75, 3.05) is 5.75 Å². The van der Waals surface area contributed by atoms with E-state index in [1.54, 1.807) is 0 Å². The van der Waals surface area contributed by atoms with Crippen molar-refractivity contribution in [2.24, 2.45) is 0 Å². The molecule has 0 aliphatic rings. The fraction of sp³-hybridized carbons (Fsp3) is 0.111. The Morgan fingerprint density at radius 3 is 2.53 bits per heavy atom. The first-order chi connectivity index (χ1) is 7.00. The van der Waals surface area contributed by atoms with Crippen molar-refractivity contribution in [1.29, 1.82) is 0 Å². The predicted molar refractivity (Wildman–Crippen MR) is 51.7 cm³/mol. The van der Waals surface area contributed by atoms with E-state index in [2.05, 4.69) is 0 Å². The summed E-state index contributed by atoms with van der Waals surface area (Å²) < 4.78 is 13.1. The lowest BCUT2D eigenvalue weighted by Crippen LogP contribution is -2.00. The monoisotopic (exact) mass is 230 g/mol. The molecule has 4 nitrogen and oxygen atoms in total. The fourth-order valence-corrected chi connectivity index (χ4v) is 1.58. The van der Waals surface area contributed by atoms with Gasteiger partial charge in [0.25, 0.3) is 0 Å². The van der Waals surface area contributed by atoms with Gasteiger partial charge in [-0.2, -0.15) is 0 Å². The number of aliphatic carboxylic acids is 1. The zero-order valence-electron chi connectivity index (χ0n) is 7.44. The molecule has 0 saturated heterocycles. The smallest absolute Gasteiger partial charge is 0.335 e. The molecule has 2 N–H and O–H groups in total. The van der Waals surface area contributed by atoms with Gasteiger partial charge in [-0.1, -0.05) is 0 Å². The molecule has 1 rings (SSSR count). The molecular weight excluding hydrogens is 223 g/mol. The molecule has 15 heavy (non-hydrogen) atoms. The van der Waals surface area contributed by atoms with Gasteiger partial charge in [0, 0.05) is 4.90 Å². The van der Waals surface area contributed by atoms with Gasteiger partial charge >= 0.3 is 11.9 Å². The number of carbonyl (C=O) groups is 2. The van der Waals surface area contributed by atoms with E-state index in [-0.39, 0.29) is 16.2 Å². The standard InChI is InChI=1S/C9H7FO4S/c10-6-2-1-5(9(13)14)3-7(6)15-4-8(11)12/h1-3H,4H2,(H,11,12)(H,13,14). The molecule has 0 fully saturated rings. The summed E-state index contributed by atoms with van der Waals surface area (Å²) in [6.45, 7) is 0. The lowest BCUT2D eigenvalue weighted by atomic mass is 10.2. The number of benzene rings is 1. The number of halogens is 1. The Balaban J connectivity index is 2.90. The van der Waals surface area contributed by atoms with E-state index in [0.717, 1.165) is 30.0 Å². The van der Waals surface area contributed by atoms with Gasteiger partial charge in [-0.3, -0.25) is 4.79 Å². The molecule has 0 bridgehead atoms. The maximum atomic E-state index is 13.1. The number of rotatable bonds is 4. The van der Waals surface area contributed by atoms with Crippen molar-refractivity contribution in [3.05, 3.63) is 29.6 Å². The van der Waals surface area contributed by atoms with Crippen LogP contribution in [0.25, 0.3) is 0 Å². The van der Waals surface area contributed by atoms with Gasteiger partial charge in [0.2, 0.25) is 0 Å². The second-order valence-corrected chi connectivity index (χ2v) is 3.65. The molecule has 0 radical (unpaired) electrons. The first kappa shape index (κ1) is 11.5. The minimum absolute atomic E-state index is 0.0253. The van der Waals surface area contributed by atoms with Crippen LogP contribution in [-0.4, -0.2) is 27.9 Å². The number of hydrogen-bond donors (Lipinski definition) is 2. The topological polar surface area (TPSA) is 74.6 Å². The zero-order chi connectivity index (χ0) is 11.4. The first-order valence-corrected chi connectivity index (χ1v) is 4.86. The molecular formula is C9H7FO4S. The molecule has 0 aliphatic heterocycles. The quantitative estimate of drug-likeness (QED) is 0.770. The normalized spacial score (nSPS) is 9.93. The van der Waals surface area contributed by atoms with Crippen LogP contribution in [0.2, 0.25) is 0 Å². The molecule has 1 aromatic carbocycles. The van der Waals surface area contributed by atoms with Crippen LogP contribution in [0.15, 0.2) is 23.1 Å². The average molecular weight is 230 g/mol. The van der Waals surface area contributed by atoms with E-state index in [1.165, 1.54) is 0 Å². The Hall–Kier alpha value is -1.56. The molecule has 6 heteroatoms. The molecule has 0 amide bonds. The van der Waals surface area contributed by atoms with Gasteiger partial charge in [0.05, 0.1) is 11.3 Å². The third-order valence-electron chi connectivity index (χ3n) is 1.53. The van der Waals surface area contributed by atoms with Crippen molar-refractivity contribution in [3.63, 3.8) is 0 Å². The lowest BCUT2D eigenvalue weighted by molar-refractivity contribution is -0.133. The molecule has 0 spiro atoms. The van der Waals surface area contributed by atoms with Crippen molar-refractivity contribution in [2.45, 2.75) is 4.90 Å². The Morgan fingerprint density at radius 1 is 1.33 bits per heavy atom. The predicted octanol–water partition coefficient (Wildman–Crippen LogP) is 1.70. The highest BCUT2D eigenvalue weighted by Crippen LogP contribution is 2.22. The molecule has 0 heterocycles. The summed E-state index contributed by atoms with van der Waals surface area (Å²) in [4.78, 5) is 20.8. The van der Waals surface area contributed by atoms with Crippen LogP contribution in [0.5, 0.6) is 0 Å². The minimum atomic E-state index is -1.17. The summed E-state index contributed by atoms with van der Waals surface area (Å²) in [5.41, 5.74) is -0.0655. The van der Waals surface area contributed by atoms with Crippen LogP contribution in [0.4, 0.5) is 4.39 Å². The summed E-state index contributed by atoms with van der Waals surface area (Å²) >= 11 is 0.749. The van der Waals surface area contributed by atoms with E-state index in [0.29, 0.717) is 0 Å². The van der Waals surface area contributed by atoms with Gasteiger partial charge in [-0.15, -0.1) is 11.8 Å². The van der Waals surface area contributed by atoms with Crippen molar-refractivity contribution < 1.29 is 24.2 Å². The van der Waals surface area contributed by atoms with Crippen LogP contribution >= 0.6 is 11.8 Å². The van der Waals surface area contributed by atoms with E-state index < -0.39 is 17.8 Å². The molecule has 80 valence electrons. The minimum Gasteiger partial charge on any atom is -0.481 e. The highest BCUT2D eigenvalue weighted by molar-refractivity contribution is 8.00. The van der Waals surface area contributed by atoms with E-state index in [9.17, 15) is 14.0 Å². The van der Waals surface area contributed by atoms with Gasteiger partial charge in [-0.25, -0.2) is 9.18 Å². The second kappa shape index (κ2) is 4.79. The van der Waals surface area contributed by atoms with Crippen molar-refractivity contribution in [1.82, 2.24) is 0 Å². The molecule has 0 unspecified atom stereocenters. The van der Waals surface area contributed by atoms with Gasteiger partial charge in [0.1, 0.15) is 5.82 Å². The lowest BCUT2D eigenvalue weighted by Gasteiger charge is -2.02. The zero-order valence-corrected chi connectivity index (χ0v) is 8.25. The van der Waals surface area contributed by atoms with E-state index in [4.69, 9.17) is 10.2 Å². The number of carboxylic acid groups (broad SMARTS) is 2. The number of hydrogen-bond acceptors (Lipinski definition) is 3. The van der Waals surface area contributed by atoms with Crippen LogP contribution in [-0.2, 0) is 4.79 Å². The van der Waals surface area contributed by atoms with Gasteiger partial charge in [-0.05, 0) is 18.2 Å². The fourth-order valence-electron chi connectivity index (χ4n) is 0.886. The summed E-state index contributed by atoms with van der Waals surface area (Å²) in [6.07, 6.45) is 0. The molecule has 1 aromatic rings. The number of carboxylic acids is 2. The largest absolute Gasteiger partial charge is 0.481 e. The van der Waals surface area contributed by atoms with Gasteiger partial charge in [0.15, 0.2) is 0 Å². The van der Waals surface area contributed by atoms with E-state index in [1.807, 2.05) is 0 Å². The third kappa shape index (κ3) is 3.25. The van der Waals surface area contributed by atoms with Crippen molar-refractivity contribution >= 4 is 23.7 Å². The first-order valence-electron chi connectivity index (χ1n) is 3.88. The molecule has 0 aromatic heterocycles. The van der Waals surface area contributed by atoms with Crippen molar-refractivity contribution in [3.8, 4) is 0 Å². The van der Waals surface area contributed by atoms with Gasteiger partial charge < -0.3 is 10.2 Å². The Kier molecular flexibility index (Phi) is 3.68. The number of aromatic carboxylic acids is 1. The Bertz CT molecular complexity index is 405. The highest BCUT2D eigenvalue weighted by atomic mass is 32.2. The summed E-state index contributed by atoms with van der Waals surface area (Å²) in [5.74, 6) is -3.18. The molecule has 0 atom stereocenters. The second-order valence-electron chi connectivity index (χ2n) is 2.63. The average Bonchev–Trinajstić information content (AvgIpc) is 2.16. The van der Waals surface area contributed by atoms with Crippen LogP contribution in [0.3, 0.4) is 0 Å². The highest BCUT2D eigenvalue weighted by Gasteiger charge is 2.10. The maximum Gasteiger partial charge on any atom is 0.335 e. The number of thioether (sulfide) groups is 1. The summed E-state index contributed by atoms with van der Waals surface area (Å²) in [6, 6.07) is 3.25. The Morgan fingerprint density at radius 2 is 2.00 bits per heavy atom. The summed E-state index contributed by atoms with van der Waals surface area (Å²) in [7, 11) is 0. The molecule has 0 saturated carbocycles. The van der Waals surface area contributed by atoms with Crippen LogP contribution in [0, 0.1) is 5.82 Å². The maximum absolute atomic E-state index is 13.1. The SMILES string of the molecule is O=C(O)CSc1cc(C(=O)O)ccc1F. The van der Waals surface area contributed by atoms with E-state index >= 15 is 0 Å².